The predicted octanol–water partition coefficient (Wildman–Crippen LogP) is 19.3. The van der Waals surface area contributed by atoms with Crippen molar-refractivity contribution >= 4 is 48.1 Å². The normalized spacial score (nSPS) is 12.2. The minimum absolute atomic E-state index is 0.544. The zero-order chi connectivity index (χ0) is 44.8. The Hall–Kier alpha value is -2.22. The van der Waals surface area contributed by atoms with Crippen LogP contribution in [0.15, 0.2) is 84.9 Å². The first-order valence-electron chi connectivity index (χ1n) is 22.8. The van der Waals surface area contributed by atoms with E-state index in [0.29, 0.717) is 35.5 Å². The molecule has 322 valence electrons. The van der Waals surface area contributed by atoms with Gasteiger partial charge in [-0.1, -0.05) is 182 Å². The molecule has 0 fully saturated rings. The van der Waals surface area contributed by atoms with E-state index in [2.05, 4.69) is 195 Å². The van der Waals surface area contributed by atoms with Crippen LogP contribution in [-0.2, 0) is 33.7 Å². The molecule has 0 bridgehead atoms. The Balaban J connectivity index is 0.000000283. The van der Waals surface area contributed by atoms with Crippen molar-refractivity contribution in [2.45, 2.75) is 171 Å². The summed E-state index contributed by atoms with van der Waals surface area (Å²) in [5, 5.41) is 5.64. The van der Waals surface area contributed by atoms with E-state index in [1.165, 1.54) is 101 Å². The van der Waals surface area contributed by atoms with Crippen molar-refractivity contribution in [1.29, 1.82) is 0 Å². The third kappa shape index (κ3) is 13.4. The number of benzene rings is 4. The van der Waals surface area contributed by atoms with Gasteiger partial charge in [0.2, 0.25) is 0 Å². The van der Waals surface area contributed by atoms with Gasteiger partial charge in [0.05, 0.1) is 0 Å². The molecule has 0 heterocycles. The Morgan fingerprint density at radius 3 is 1.00 bits per heavy atom. The van der Waals surface area contributed by atoms with Gasteiger partial charge in [0.25, 0.3) is 0 Å². The van der Waals surface area contributed by atoms with E-state index in [1.54, 1.807) is 0 Å². The van der Waals surface area contributed by atoms with Crippen LogP contribution in [0.3, 0.4) is 0 Å². The average Bonchev–Trinajstić information content (AvgIpc) is 3.88. The Morgan fingerprint density at radius 2 is 0.767 bits per heavy atom. The van der Waals surface area contributed by atoms with Gasteiger partial charge in [0.15, 0.2) is 0 Å². The molecule has 0 nitrogen and oxygen atoms in total. The molecular weight excluding hydrogens is 863 g/mol. The summed E-state index contributed by atoms with van der Waals surface area (Å²) in [6.07, 6.45) is 4.51. The Labute approximate surface area is 388 Å². The molecule has 60 heavy (non-hydrogen) atoms. The zero-order valence-electron chi connectivity index (χ0n) is 40.1. The van der Waals surface area contributed by atoms with Crippen molar-refractivity contribution in [3.05, 3.63) is 129 Å². The molecule has 2 atom stereocenters. The number of halogens is 2. The quantitative estimate of drug-likeness (QED) is 0.0847. The summed E-state index contributed by atoms with van der Waals surface area (Å²) in [5.41, 5.74) is 17.4. The summed E-state index contributed by atoms with van der Waals surface area (Å²) in [6.45, 7) is 36.5. The Bertz CT molecular complexity index is 2000. The van der Waals surface area contributed by atoms with Crippen molar-refractivity contribution in [2.24, 2.45) is 0 Å². The molecule has 0 aromatic heterocycles. The number of fused-ring (bicyclic) bond motifs is 2. The monoisotopic (exact) mass is 936 g/mol. The van der Waals surface area contributed by atoms with Crippen LogP contribution < -0.4 is 0 Å². The van der Waals surface area contributed by atoms with Gasteiger partial charge in [-0.05, 0) is 81.7 Å². The van der Waals surface area contributed by atoms with Crippen LogP contribution in [0.5, 0.6) is 0 Å². The Morgan fingerprint density at radius 1 is 0.483 bits per heavy atom. The molecule has 2 unspecified atom stereocenters. The van der Waals surface area contributed by atoms with Gasteiger partial charge in [-0.15, -0.1) is 69.1 Å². The molecule has 0 spiro atoms. The van der Waals surface area contributed by atoms with Crippen molar-refractivity contribution in [2.75, 3.05) is 0 Å². The van der Waals surface area contributed by atoms with Gasteiger partial charge in [-0.25, -0.2) is 0 Å². The summed E-state index contributed by atoms with van der Waals surface area (Å²) in [6, 6.07) is 33.6. The molecular formula is C56H76Cl2SiZr. The molecule has 0 aliphatic rings. The van der Waals surface area contributed by atoms with E-state index in [0.717, 1.165) is 22.4 Å². The van der Waals surface area contributed by atoms with Gasteiger partial charge in [-0.3, -0.25) is 0 Å². The van der Waals surface area contributed by atoms with Crippen LogP contribution >= 0.6 is 17.0 Å². The third-order valence-corrected chi connectivity index (χ3v) is 12.3. The second-order valence-corrected chi connectivity index (χ2v) is 22.8. The molecule has 0 amide bonds. The summed E-state index contributed by atoms with van der Waals surface area (Å²) in [5.74, 6) is 3.40. The molecule has 0 saturated carbocycles. The van der Waals surface area contributed by atoms with Gasteiger partial charge in [0.1, 0.15) is 0 Å². The maximum absolute atomic E-state index is 4.93. The topological polar surface area (TPSA) is 0 Å². The van der Waals surface area contributed by atoms with Crippen molar-refractivity contribution in [3.63, 3.8) is 0 Å². The van der Waals surface area contributed by atoms with E-state index >= 15 is 0 Å². The predicted molar refractivity (Wildman–Crippen MR) is 272 cm³/mol. The van der Waals surface area contributed by atoms with Crippen molar-refractivity contribution in [1.82, 2.24) is 0 Å². The number of aryl methyl sites for hydroxylation is 2. The fourth-order valence-electron chi connectivity index (χ4n) is 7.99. The first-order valence-corrected chi connectivity index (χ1v) is 31.2. The zero-order valence-corrected chi connectivity index (χ0v) is 45.1. The number of hydrogen-bond donors (Lipinski definition) is 0. The second-order valence-electron chi connectivity index (χ2n) is 18.1. The molecule has 0 aliphatic heterocycles. The van der Waals surface area contributed by atoms with Gasteiger partial charge < -0.3 is 0 Å². The van der Waals surface area contributed by atoms with Gasteiger partial charge >= 0.3 is 37.9 Å². The van der Waals surface area contributed by atoms with Crippen LogP contribution in [0.4, 0.5) is 0 Å². The van der Waals surface area contributed by atoms with Gasteiger partial charge in [0, 0.05) is 9.52 Å². The number of hydrogen-bond acceptors (Lipinski definition) is 0. The van der Waals surface area contributed by atoms with Crippen LogP contribution in [-0.4, -0.2) is 9.52 Å². The van der Waals surface area contributed by atoms with E-state index < -0.39 is 20.8 Å². The average molecular weight is 939 g/mol. The standard InChI is InChI=1S/2C27H35.C2H6Si.2ClH.Zr/c2*1-8-19(7)24-12-21-11-10-20(9-2)27(26(21)16-24)25-14-22(17(3)4)13-23(15-25)18(5)6;1-3-2;;;/h2*10-19H,8-9H2,1-7H3;1-2H3;2*1H;/q2*-1;;;;+4/p-2. The third-order valence-electron chi connectivity index (χ3n) is 12.3. The van der Waals surface area contributed by atoms with E-state index in [-0.39, 0.29) is 0 Å². The van der Waals surface area contributed by atoms with Gasteiger partial charge in [-0.2, -0.15) is 12.1 Å². The van der Waals surface area contributed by atoms with E-state index in [9.17, 15) is 0 Å². The minimum atomic E-state index is -0.826. The van der Waals surface area contributed by atoms with Crippen LogP contribution in [0.2, 0.25) is 13.1 Å². The molecule has 6 aromatic carbocycles. The molecule has 2 radical (unpaired) electrons. The number of rotatable bonds is 12. The fourth-order valence-corrected chi connectivity index (χ4v) is 7.99. The first-order chi connectivity index (χ1) is 28.5. The van der Waals surface area contributed by atoms with E-state index in [1.807, 2.05) is 0 Å². The van der Waals surface area contributed by atoms with E-state index in [4.69, 9.17) is 17.0 Å². The SMILES string of the molecule is CCc1ccc2[cH-]c(C(C)CC)cc2c1-c1cc(C(C)C)cc(C(C)C)c1.CCc1ccc2[cH-]c(C(C)CC)cc2c1-c1cc(C(C)C)cc(C(C)C)c1.C[Si]C.[Cl][Zr+2][Cl]. The molecule has 6 rings (SSSR count). The fraction of sp³-hybridized carbons (Fsp3) is 0.464. The maximum atomic E-state index is 4.93. The van der Waals surface area contributed by atoms with Crippen molar-refractivity contribution in [3.8, 4) is 22.3 Å². The molecule has 0 saturated heterocycles. The molecule has 4 heteroatoms. The van der Waals surface area contributed by atoms with Crippen molar-refractivity contribution < 1.29 is 20.8 Å². The molecule has 0 N–H and O–H groups in total. The Kier molecular flexibility index (Phi) is 21.9. The summed E-state index contributed by atoms with van der Waals surface area (Å²) < 4.78 is 0. The van der Waals surface area contributed by atoms with Crippen LogP contribution in [0.25, 0.3) is 43.8 Å². The van der Waals surface area contributed by atoms with Crippen LogP contribution in [0, 0.1) is 0 Å². The van der Waals surface area contributed by atoms with Crippen LogP contribution in [0.1, 0.15) is 190 Å². The first kappa shape index (κ1) is 52.1. The summed E-state index contributed by atoms with van der Waals surface area (Å²) in [4.78, 5) is 0. The summed E-state index contributed by atoms with van der Waals surface area (Å²) in [7, 11) is 11.0. The molecule has 0 aliphatic carbocycles. The second kappa shape index (κ2) is 25.2. The summed E-state index contributed by atoms with van der Waals surface area (Å²) >= 11 is -0.826. The molecule has 6 aromatic rings.